The molecular weight excluding hydrogens is 288 g/mol. The molecule has 2 rings (SSSR count). The molecule has 0 saturated carbocycles. The van der Waals surface area contributed by atoms with Crippen LogP contribution in [0.4, 0.5) is 5.69 Å². The number of nitrogens with one attached hydrogen (secondary N) is 2. The van der Waals surface area contributed by atoms with Gasteiger partial charge in [0.05, 0.1) is 10.3 Å². The molecule has 1 aliphatic rings. The van der Waals surface area contributed by atoms with Gasteiger partial charge in [-0.2, -0.15) is 0 Å². The molecule has 6 heteroatoms. The van der Waals surface area contributed by atoms with Crippen LogP contribution in [-0.4, -0.2) is 20.9 Å². The highest BCUT2D eigenvalue weighted by Gasteiger charge is 2.40. The number of amides is 1. The predicted octanol–water partition coefficient (Wildman–Crippen LogP) is 2.30. The lowest BCUT2D eigenvalue weighted by atomic mass is 9.85. The standard InChI is InChI=1S/C15H22N2O3S/c1-5-6-7-16-21(19,20)11-8-10(2)13-12(9-11)15(3,4)14(18)17-13/h8-9,16H,5-7H2,1-4H3,(H,17,18). The molecular formula is C15H22N2O3S. The number of carbonyl (C=O) groups excluding carboxylic acids is 1. The number of benzene rings is 1. The highest BCUT2D eigenvalue weighted by molar-refractivity contribution is 7.89. The van der Waals surface area contributed by atoms with Crippen LogP contribution in [0.2, 0.25) is 0 Å². The lowest BCUT2D eigenvalue weighted by molar-refractivity contribution is -0.119. The molecule has 0 aromatic heterocycles. The normalized spacial score (nSPS) is 16.7. The molecule has 0 radical (unpaired) electrons. The molecule has 2 N–H and O–H groups in total. The van der Waals surface area contributed by atoms with Crippen LogP contribution in [0.1, 0.15) is 44.7 Å². The third-order valence-electron chi connectivity index (χ3n) is 3.92. The Balaban J connectivity index is 2.43. The van der Waals surface area contributed by atoms with Gasteiger partial charge >= 0.3 is 0 Å². The Kier molecular flexibility index (Phi) is 4.13. The molecule has 1 heterocycles. The lowest BCUT2D eigenvalue weighted by Crippen LogP contribution is -2.27. The molecule has 0 saturated heterocycles. The third kappa shape index (κ3) is 2.82. The van der Waals surface area contributed by atoms with E-state index in [0.717, 1.165) is 29.7 Å². The van der Waals surface area contributed by atoms with Crippen LogP contribution in [0.15, 0.2) is 17.0 Å². The second-order valence-electron chi connectivity index (χ2n) is 5.99. The van der Waals surface area contributed by atoms with E-state index in [0.29, 0.717) is 6.54 Å². The maximum Gasteiger partial charge on any atom is 0.240 e. The van der Waals surface area contributed by atoms with Crippen molar-refractivity contribution in [1.82, 2.24) is 4.72 Å². The number of aryl methyl sites for hydroxylation is 1. The molecule has 0 fully saturated rings. The molecule has 1 aromatic rings. The summed E-state index contributed by atoms with van der Waals surface area (Å²) in [6.45, 7) is 7.85. The first-order chi connectivity index (χ1) is 9.70. The summed E-state index contributed by atoms with van der Waals surface area (Å²) in [7, 11) is -3.53. The Morgan fingerprint density at radius 3 is 2.57 bits per heavy atom. The maximum atomic E-state index is 12.3. The minimum Gasteiger partial charge on any atom is -0.325 e. The van der Waals surface area contributed by atoms with E-state index in [2.05, 4.69) is 10.0 Å². The quantitative estimate of drug-likeness (QED) is 0.819. The summed E-state index contributed by atoms with van der Waals surface area (Å²) in [5.41, 5.74) is 1.53. The van der Waals surface area contributed by atoms with Gasteiger partial charge in [0.1, 0.15) is 0 Å². The van der Waals surface area contributed by atoms with Gasteiger partial charge in [0.2, 0.25) is 15.9 Å². The smallest absolute Gasteiger partial charge is 0.240 e. The molecule has 1 aliphatic heterocycles. The van der Waals surface area contributed by atoms with Crippen LogP contribution in [0.5, 0.6) is 0 Å². The number of carbonyl (C=O) groups is 1. The highest BCUT2D eigenvalue weighted by atomic mass is 32.2. The summed E-state index contributed by atoms with van der Waals surface area (Å²) in [5.74, 6) is -0.103. The van der Waals surface area contributed by atoms with E-state index < -0.39 is 15.4 Å². The van der Waals surface area contributed by atoms with E-state index in [1.807, 2.05) is 13.8 Å². The third-order valence-corrected chi connectivity index (χ3v) is 5.36. The Morgan fingerprint density at radius 2 is 1.95 bits per heavy atom. The van der Waals surface area contributed by atoms with Gasteiger partial charge in [-0.05, 0) is 50.5 Å². The van der Waals surface area contributed by atoms with Crippen molar-refractivity contribution in [1.29, 1.82) is 0 Å². The molecule has 5 nitrogen and oxygen atoms in total. The monoisotopic (exact) mass is 310 g/mol. The van der Waals surface area contributed by atoms with Gasteiger partial charge in [-0.15, -0.1) is 0 Å². The summed E-state index contributed by atoms with van der Waals surface area (Å²) in [5, 5.41) is 2.83. The van der Waals surface area contributed by atoms with E-state index in [-0.39, 0.29) is 10.8 Å². The van der Waals surface area contributed by atoms with Crippen molar-refractivity contribution in [3.05, 3.63) is 23.3 Å². The molecule has 0 bridgehead atoms. The van der Waals surface area contributed by atoms with Gasteiger partial charge in [0, 0.05) is 12.2 Å². The number of sulfonamides is 1. The van der Waals surface area contributed by atoms with Crippen LogP contribution < -0.4 is 10.0 Å². The minimum atomic E-state index is -3.53. The van der Waals surface area contributed by atoms with Gasteiger partial charge in [-0.1, -0.05) is 13.3 Å². The van der Waals surface area contributed by atoms with Crippen LogP contribution in [0.3, 0.4) is 0 Å². The first-order valence-electron chi connectivity index (χ1n) is 7.16. The van der Waals surface area contributed by atoms with E-state index in [1.165, 1.54) is 0 Å². The molecule has 0 unspecified atom stereocenters. The summed E-state index contributed by atoms with van der Waals surface area (Å²) in [4.78, 5) is 12.2. The zero-order chi connectivity index (χ0) is 15.8. The second-order valence-corrected chi connectivity index (χ2v) is 7.76. The van der Waals surface area contributed by atoms with Crippen molar-refractivity contribution in [3.8, 4) is 0 Å². The van der Waals surface area contributed by atoms with Crippen LogP contribution in [-0.2, 0) is 20.2 Å². The van der Waals surface area contributed by atoms with Crippen molar-refractivity contribution in [2.45, 2.75) is 50.8 Å². The fraction of sp³-hybridized carbons (Fsp3) is 0.533. The Morgan fingerprint density at radius 1 is 1.29 bits per heavy atom. The summed E-state index contributed by atoms with van der Waals surface area (Å²) >= 11 is 0. The number of anilines is 1. The van der Waals surface area contributed by atoms with E-state index >= 15 is 0 Å². The van der Waals surface area contributed by atoms with Crippen molar-refractivity contribution < 1.29 is 13.2 Å². The van der Waals surface area contributed by atoms with Crippen molar-refractivity contribution >= 4 is 21.6 Å². The Labute approximate surface area is 126 Å². The molecule has 1 amide bonds. The summed E-state index contributed by atoms with van der Waals surface area (Å²) < 4.78 is 27.3. The van der Waals surface area contributed by atoms with Crippen LogP contribution in [0, 0.1) is 6.92 Å². The molecule has 1 aromatic carbocycles. The van der Waals surface area contributed by atoms with Gasteiger partial charge in [-0.25, -0.2) is 13.1 Å². The first kappa shape index (κ1) is 16.0. The van der Waals surface area contributed by atoms with Gasteiger partial charge < -0.3 is 5.32 Å². The van der Waals surface area contributed by atoms with Gasteiger partial charge in [-0.3, -0.25) is 4.79 Å². The fourth-order valence-electron chi connectivity index (χ4n) is 2.43. The maximum absolute atomic E-state index is 12.3. The van der Waals surface area contributed by atoms with Gasteiger partial charge in [0.25, 0.3) is 0 Å². The number of fused-ring (bicyclic) bond motifs is 1. The van der Waals surface area contributed by atoms with Crippen molar-refractivity contribution in [2.75, 3.05) is 11.9 Å². The second kappa shape index (κ2) is 5.42. The molecule has 116 valence electrons. The van der Waals surface area contributed by atoms with E-state index in [4.69, 9.17) is 0 Å². The zero-order valence-corrected chi connectivity index (χ0v) is 13.7. The number of hydrogen-bond acceptors (Lipinski definition) is 3. The molecule has 0 aliphatic carbocycles. The predicted molar refractivity (Wildman–Crippen MR) is 82.9 cm³/mol. The molecule has 0 atom stereocenters. The number of rotatable bonds is 5. The minimum absolute atomic E-state index is 0.103. The van der Waals surface area contributed by atoms with Crippen molar-refractivity contribution in [2.24, 2.45) is 0 Å². The summed E-state index contributed by atoms with van der Waals surface area (Å²) in [6.07, 6.45) is 1.73. The fourth-order valence-corrected chi connectivity index (χ4v) is 3.61. The Hall–Kier alpha value is -1.40. The zero-order valence-electron chi connectivity index (χ0n) is 12.9. The average molecular weight is 310 g/mol. The van der Waals surface area contributed by atoms with Gasteiger partial charge in [0.15, 0.2) is 0 Å². The SMILES string of the molecule is CCCCNS(=O)(=O)c1cc(C)c2c(c1)C(C)(C)C(=O)N2. The number of unbranched alkanes of at least 4 members (excludes halogenated alkanes) is 1. The topological polar surface area (TPSA) is 75.3 Å². The largest absolute Gasteiger partial charge is 0.325 e. The number of hydrogen-bond donors (Lipinski definition) is 2. The average Bonchev–Trinajstić information content (AvgIpc) is 2.62. The first-order valence-corrected chi connectivity index (χ1v) is 8.64. The van der Waals surface area contributed by atoms with Crippen LogP contribution in [0.25, 0.3) is 0 Å². The molecule has 21 heavy (non-hydrogen) atoms. The summed E-state index contributed by atoms with van der Waals surface area (Å²) in [6, 6.07) is 3.21. The Bertz CT molecular complexity index is 678. The van der Waals surface area contributed by atoms with E-state index in [1.54, 1.807) is 26.0 Å². The highest BCUT2D eigenvalue weighted by Crippen LogP contribution is 2.40. The van der Waals surface area contributed by atoms with E-state index in [9.17, 15) is 13.2 Å². The van der Waals surface area contributed by atoms with Crippen molar-refractivity contribution in [3.63, 3.8) is 0 Å². The van der Waals surface area contributed by atoms with Crippen LogP contribution >= 0.6 is 0 Å². The lowest BCUT2D eigenvalue weighted by Gasteiger charge is -2.17. The molecule has 0 spiro atoms.